The first-order valence-electron chi connectivity index (χ1n) is 9.07. The highest BCUT2D eigenvalue weighted by atomic mass is 16.5. The van der Waals surface area contributed by atoms with Crippen LogP contribution >= 0.6 is 0 Å². The van der Waals surface area contributed by atoms with Crippen LogP contribution in [-0.2, 0) is 11.2 Å². The smallest absolute Gasteiger partial charge is 0.227 e. The van der Waals surface area contributed by atoms with E-state index in [4.69, 9.17) is 19.5 Å². The Morgan fingerprint density at radius 1 is 1.07 bits per heavy atom. The molecule has 28 heavy (non-hydrogen) atoms. The number of rotatable bonds is 8. The van der Waals surface area contributed by atoms with Crippen molar-refractivity contribution < 1.29 is 19.0 Å². The molecule has 6 heteroatoms. The Hall–Kier alpha value is -3.20. The summed E-state index contributed by atoms with van der Waals surface area (Å²) in [5.74, 6) is 1.54. The van der Waals surface area contributed by atoms with Gasteiger partial charge in [0, 0.05) is 6.54 Å². The summed E-state index contributed by atoms with van der Waals surface area (Å²) in [7, 11) is 4.64. The summed E-state index contributed by atoms with van der Waals surface area (Å²) in [6.07, 6.45) is 0.213. The van der Waals surface area contributed by atoms with Gasteiger partial charge in [-0.05, 0) is 49.2 Å². The molecule has 0 heterocycles. The van der Waals surface area contributed by atoms with Crippen LogP contribution in [0.3, 0.4) is 0 Å². The summed E-state index contributed by atoms with van der Waals surface area (Å²) >= 11 is 0. The van der Waals surface area contributed by atoms with Crippen molar-refractivity contribution in [2.75, 3.05) is 27.9 Å². The minimum atomic E-state index is -0.104. The van der Waals surface area contributed by atoms with Crippen molar-refractivity contribution in [3.63, 3.8) is 0 Å². The maximum absolute atomic E-state index is 13.0. The second kappa shape index (κ2) is 9.65. The van der Waals surface area contributed by atoms with E-state index >= 15 is 0 Å². The second-order valence-corrected chi connectivity index (χ2v) is 6.30. The lowest BCUT2D eigenvalue weighted by molar-refractivity contribution is -0.132. The molecule has 0 aliphatic carbocycles. The van der Waals surface area contributed by atoms with Gasteiger partial charge in [-0.2, -0.15) is 5.26 Å². The molecular weight excluding hydrogens is 356 g/mol. The molecule has 2 aromatic rings. The van der Waals surface area contributed by atoms with Gasteiger partial charge in [0.1, 0.15) is 0 Å². The van der Waals surface area contributed by atoms with Crippen LogP contribution < -0.4 is 14.2 Å². The van der Waals surface area contributed by atoms with Crippen molar-refractivity contribution >= 4 is 5.91 Å². The van der Waals surface area contributed by atoms with Crippen LogP contribution in [0.25, 0.3) is 0 Å². The Kier molecular flexibility index (Phi) is 7.28. The van der Waals surface area contributed by atoms with Crippen molar-refractivity contribution in [1.29, 1.82) is 5.26 Å². The predicted octanol–water partition coefficient (Wildman–Crippen LogP) is 3.74. The van der Waals surface area contributed by atoms with Gasteiger partial charge < -0.3 is 19.1 Å². The molecule has 0 saturated carbocycles. The zero-order valence-electron chi connectivity index (χ0n) is 17.0. The SMILES string of the molecule is CCN(C(=O)Cc1cc(OC)c(OC)c(OC)c1)C(C)c1ccc(C#N)cc1. The first-order valence-corrected chi connectivity index (χ1v) is 9.07. The molecule has 0 aromatic heterocycles. The van der Waals surface area contributed by atoms with Crippen LogP contribution in [0.15, 0.2) is 36.4 Å². The standard InChI is InChI=1S/C22H26N2O4/c1-6-24(15(2)18-9-7-16(14-23)8-10-18)21(25)13-17-11-19(26-3)22(28-5)20(12-17)27-4/h7-12,15H,6,13H2,1-5H3. The van der Waals surface area contributed by atoms with Crippen LogP contribution in [0.2, 0.25) is 0 Å². The van der Waals surface area contributed by atoms with E-state index in [1.54, 1.807) is 45.6 Å². The molecule has 0 aliphatic rings. The van der Waals surface area contributed by atoms with Gasteiger partial charge in [0.15, 0.2) is 11.5 Å². The highest BCUT2D eigenvalue weighted by Gasteiger charge is 2.22. The third kappa shape index (κ3) is 4.55. The number of nitrogens with zero attached hydrogens (tertiary/aromatic N) is 2. The molecule has 0 N–H and O–H groups in total. The molecule has 0 bridgehead atoms. The Labute approximate surface area is 166 Å². The molecule has 6 nitrogen and oxygen atoms in total. The highest BCUT2D eigenvalue weighted by Crippen LogP contribution is 2.38. The van der Waals surface area contributed by atoms with E-state index in [0.717, 1.165) is 11.1 Å². The van der Waals surface area contributed by atoms with Crippen LogP contribution in [0.4, 0.5) is 0 Å². The van der Waals surface area contributed by atoms with Crippen LogP contribution in [-0.4, -0.2) is 38.7 Å². The monoisotopic (exact) mass is 382 g/mol. The normalized spacial score (nSPS) is 11.3. The van der Waals surface area contributed by atoms with Gasteiger partial charge in [-0.1, -0.05) is 12.1 Å². The fraction of sp³-hybridized carbons (Fsp3) is 0.364. The van der Waals surface area contributed by atoms with Crippen molar-refractivity contribution in [3.05, 3.63) is 53.1 Å². The number of methoxy groups -OCH3 is 3. The van der Waals surface area contributed by atoms with Gasteiger partial charge in [0.25, 0.3) is 0 Å². The topological polar surface area (TPSA) is 71.8 Å². The molecule has 1 atom stereocenters. The average Bonchev–Trinajstić information content (AvgIpc) is 2.73. The fourth-order valence-corrected chi connectivity index (χ4v) is 3.20. The molecule has 0 spiro atoms. The lowest BCUT2D eigenvalue weighted by Gasteiger charge is -2.29. The molecule has 148 valence electrons. The number of ether oxygens (including phenoxy) is 3. The number of carbonyl (C=O) groups excluding carboxylic acids is 1. The zero-order valence-corrected chi connectivity index (χ0v) is 17.0. The number of amides is 1. The first-order chi connectivity index (χ1) is 13.5. The fourth-order valence-electron chi connectivity index (χ4n) is 3.20. The Bertz CT molecular complexity index is 831. The van der Waals surface area contributed by atoms with E-state index in [9.17, 15) is 4.79 Å². The molecule has 2 aromatic carbocycles. The van der Waals surface area contributed by atoms with Crippen molar-refractivity contribution in [1.82, 2.24) is 4.90 Å². The van der Waals surface area contributed by atoms with E-state index in [0.29, 0.717) is 29.4 Å². The predicted molar refractivity (Wildman–Crippen MR) is 107 cm³/mol. The number of benzene rings is 2. The number of likely N-dealkylation sites (N-methyl/N-ethyl adjacent to an activating group) is 1. The first kappa shape index (κ1) is 21.1. The highest BCUT2D eigenvalue weighted by molar-refractivity contribution is 5.80. The summed E-state index contributed by atoms with van der Waals surface area (Å²) in [6, 6.07) is 12.9. The van der Waals surface area contributed by atoms with Gasteiger partial charge in [-0.3, -0.25) is 4.79 Å². The van der Waals surface area contributed by atoms with Gasteiger partial charge >= 0.3 is 0 Å². The lowest BCUT2D eigenvalue weighted by atomic mass is 10.0. The Morgan fingerprint density at radius 2 is 1.64 bits per heavy atom. The maximum Gasteiger partial charge on any atom is 0.227 e. The van der Waals surface area contributed by atoms with E-state index in [-0.39, 0.29) is 18.4 Å². The number of hydrogen-bond donors (Lipinski definition) is 0. The molecule has 0 saturated heterocycles. The number of nitriles is 1. The number of hydrogen-bond acceptors (Lipinski definition) is 5. The van der Waals surface area contributed by atoms with Crippen LogP contribution in [0, 0.1) is 11.3 Å². The minimum absolute atomic E-state index is 0.00590. The van der Waals surface area contributed by atoms with Crippen LogP contribution in [0.5, 0.6) is 17.2 Å². The maximum atomic E-state index is 13.0. The Morgan fingerprint density at radius 3 is 2.07 bits per heavy atom. The molecular formula is C22H26N2O4. The van der Waals surface area contributed by atoms with Crippen molar-refractivity contribution in [2.45, 2.75) is 26.3 Å². The minimum Gasteiger partial charge on any atom is -0.493 e. The molecule has 0 radical (unpaired) electrons. The summed E-state index contributed by atoms with van der Waals surface area (Å²) in [5.41, 5.74) is 2.37. The quantitative estimate of drug-likeness (QED) is 0.695. The molecule has 1 unspecified atom stereocenters. The van der Waals surface area contributed by atoms with Gasteiger partial charge in [-0.15, -0.1) is 0 Å². The van der Waals surface area contributed by atoms with E-state index in [1.165, 1.54) is 0 Å². The number of carbonyl (C=O) groups is 1. The van der Waals surface area contributed by atoms with Gasteiger partial charge in [-0.25, -0.2) is 0 Å². The largest absolute Gasteiger partial charge is 0.493 e. The molecule has 1 amide bonds. The van der Waals surface area contributed by atoms with E-state index in [2.05, 4.69) is 6.07 Å². The zero-order chi connectivity index (χ0) is 20.7. The van der Waals surface area contributed by atoms with Gasteiger partial charge in [0.2, 0.25) is 11.7 Å². The molecule has 2 rings (SSSR count). The third-order valence-corrected chi connectivity index (χ3v) is 4.73. The van der Waals surface area contributed by atoms with Crippen LogP contribution in [0.1, 0.15) is 36.6 Å². The summed E-state index contributed by atoms with van der Waals surface area (Å²) in [4.78, 5) is 14.8. The van der Waals surface area contributed by atoms with Crippen molar-refractivity contribution in [3.8, 4) is 23.3 Å². The molecule has 0 fully saturated rings. The van der Waals surface area contributed by atoms with Crippen molar-refractivity contribution in [2.24, 2.45) is 0 Å². The second-order valence-electron chi connectivity index (χ2n) is 6.30. The van der Waals surface area contributed by atoms with Gasteiger partial charge in [0.05, 0.1) is 45.4 Å². The van der Waals surface area contributed by atoms with E-state index in [1.807, 2.05) is 30.9 Å². The summed E-state index contributed by atoms with van der Waals surface area (Å²) < 4.78 is 16.1. The Balaban J connectivity index is 2.24. The summed E-state index contributed by atoms with van der Waals surface area (Å²) in [6.45, 7) is 4.51. The average molecular weight is 382 g/mol. The molecule has 0 aliphatic heterocycles. The van der Waals surface area contributed by atoms with E-state index < -0.39 is 0 Å². The summed E-state index contributed by atoms with van der Waals surface area (Å²) in [5, 5.41) is 8.95. The third-order valence-electron chi connectivity index (χ3n) is 4.73. The lowest BCUT2D eigenvalue weighted by Crippen LogP contribution is -2.34.